The number of allylic oxidation sites excluding steroid dienone is 1. The summed E-state index contributed by atoms with van der Waals surface area (Å²) in [6, 6.07) is 9.58. The van der Waals surface area contributed by atoms with E-state index in [9.17, 15) is 9.59 Å². The molecule has 1 unspecified atom stereocenters. The molecule has 1 saturated heterocycles. The topological polar surface area (TPSA) is 55.8 Å². The predicted octanol–water partition coefficient (Wildman–Crippen LogP) is 4.18. The fourth-order valence-electron chi connectivity index (χ4n) is 3.14. The normalized spacial score (nSPS) is 20.8. The molecule has 5 heteroatoms. The van der Waals surface area contributed by atoms with Gasteiger partial charge in [-0.3, -0.25) is 4.79 Å². The van der Waals surface area contributed by atoms with E-state index in [-0.39, 0.29) is 31.1 Å². The van der Waals surface area contributed by atoms with Gasteiger partial charge in [0.15, 0.2) is 0 Å². The third kappa shape index (κ3) is 4.52. The van der Waals surface area contributed by atoms with E-state index in [0.29, 0.717) is 6.61 Å². The van der Waals surface area contributed by atoms with E-state index in [1.807, 2.05) is 57.2 Å². The summed E-state index contributed by atoms with van der Waals surface area (Å²) in [5, 5.41) is 0. The number of carbonyl (C=O) groups is 2. The van der Waals surface area contributed by atoms with Gasteiger partial charge in [-0.1, -0.05) is 62.8 Å². The second-order valence-electron chi connectivity index (χ2n) is 7.10. The standard InChI is InChI=1S/C21H29NO4/c1-5-12-21(4,15-25-13-17-10-8-7-9-11-17)19(23)22-18(16(3)6-2)14-26-20(22)24/h5,7-12,16,18H,6,13-15H2,1-4H3/b12-5+/t16?,18-,21-/m1/s1. The van der Waals surface area contributed by atoms with Crippen LogP contribution >= 0.6 is 0 Å². The Kier molecular flexibility index (Phi) is 6.98. The van der Waals surface area contributed by atoms with Crippen molar-refractivity contribution in [1.82, 2.24) is 4.90 Å². The van der Waals surface area contributed by atoms with Gasteiger partial charge in [-0.05, 0) is 25.3 Å². The maximum absolute atomic E-state index is 13.2. The van der Waals surface area contributed by atoms with Crippen molar-refractivity contribution >= 4 is 12.0 Å². The van der Waals surface area contributed by atoms with Crippen molar-refractivity contribution in [2.24, 2.45) is 11.3 Å². The lowest BCUT2D eigenvalue weighted by molar-refractivity contribution is -0.140. The summed E-state index contributed by atoms with van der Waals surface area (Å²) in [5.41, 5.74) is 0.124. The molecule has 0 aliphatic carbocycles. The van der Waals surface area contributed by atoms with Crippen molar-refractivity contribution in [3.8, 4) is 0 Å². The van der Waals surface area contributed by atoms with E-state index in [0.717, 1.165) is 12.0 Å². The number of cyclic esters (lactones) is 1. The molecule has 1 fully saturated rings. The quantitative estimate of drug-likeness (QED) is 0.654. The molecule has 2 rings (SSSR count). The molecule has 26 heavy (non-hydrogen) atoms. The molecule has 1 aromatic rings. The van der Waals surface area contributed by atoms with Crippen LogP contribution in [0.4, 0.5) is 4.79 Å². The minimum atomic E-state index is -0.918. The van der Waals surface area contributed by atoms with Gasteiger partial charge in [-0.2, -0.15) is 0 Å². The lowest BCUT2D eigenvalue weighted by Crippen LogP contribution is -2.50. The molecule has 142 valence electrons. The SMILES string of the molecule is C/C=C/[C@](C)(COCc1ccccc1)C(=O)N1C(=O)OC[C@@H]1C(C)CC. The number of nitrogens with zero attached hydrogens (tertiary/aromatic N) is 1. The molecule has 3 atom stereocenters. The van der Waals surface area contributed by atoms with E-state index in [4.69, 9.17) is 9.47 Å². The number of rotatable bonds is 8. The fourth-order valence-corrected chi connectivity index (χ4v) is 3.14. The summed E-state index contributed by atoms with van der Waals surface area (Å²) in [6.45, 7) is 8.62. The molecule has 0 radical (unpaired) electrons. The zero-order chi connectivity index (χ0) is 19.2. The van der Waals surface area contributed by atoms with Gasteiger partial charge >= 0.3 is 6.09 Å². The molecule has 0 N–H and O–H groups in total. The first-order chi connectivity index (χ1) is 12.4. The zero-order valence-corrected chi connectivity index (χ0v) is 16.1. The van der Waals surface area contributed by atoms with Gasteiger partial charge in [0.2, 0.25) is 5.91 Å². The van der Waals surface area contributed by atoms with Crippen LogP contribution in [0.2, 0.25) is 0 Å². The van der Waals surface area contributed by atoms with Crippen LogP contribution in [0.3, 0.4) is 0 Å². The fraction of sp³-hybridized carbons (Fsp3) is 0.524. The van der Waals surface area contributed by atoms with Crippen molar-refractivity contribution in [2.75, 3.05) is 13.2 Å². The Morgan fingerprint density at radius 3 is 2.73 bits per heavy atom. The van der Waals surface area contributed by atoms with Crippen molar-refractivity contribution in [2.45, 2.75) is 46.8 Å². The molecule has 0 bridgehead atoms. The first-order valence-corrected chi connectivity index (χ1v) is 9.19. The molecule has 1 aromatic carbocycles. The molecule has 1 aliphatic heterocycles. The summed E-state index contributed by atoms with van der Waals surface area (Å²) in [4.78, 5) is 26.7. The Morgan fingerprint density at radius 1 is 1.42 bits per heavy atom. The number of carbonyl (C=O) groups excluding carboxylic acids is 2. The van der Waals surface area contributed by atoms with Gasteiger partial charge in [-0.15, -0.1) is 0 Å². The van der Waals surface area contributed by atoms with Gasteiger partial charge in [-0.25, -0.2) is 9.69 Å². The van der Waals surface area contributed by atoms with Gasteiger partial charge < -0.3 is 9.47 Å². The third-order valence-electron chi connectivity index (χ3n) is 4.96. The second kappa shape index (κ2) is 8.99. The summed E-state index contributed by atoms with van der Waals surface area (Å²) in [6.07, 6.45) is 3.94. The number of ether oxygens (including phenoxy) is 2. The van der Waals surface area contributed by atoms with Crippen LogP contribution in [0.25, 0.3) is 0 Å². The number of hydrogen-bond donors (Lipinski definition) is 0. The van der Waals surface area contributed by atoms with Crippen molar-refractivity contribution < 1.29 is 19.1 Å². The van der Waals surface area contributed by atoms with Crippen LogP contribution in [-0.4, -0.2) is 36.2 Å². The summed E-state index contributed by atoms with van der Waals surface area (Å²) < 4.78 is 11.0. The Bertz CT molecular complexity index is 643. The zero-order valence-electron chi connectivity index (χ0n) is 16.1. The van der Waals surface area contributed by atoms with Gasteiger partial charge in [0.1, 0.15) is 6.61 Å². The van der Waals surface area contributed by atoms with Crippen LogP contribution in [-0.2, 0) is 20.9 Å². The van der Waals surface area contributed by atoms with E-state index >= 15 is 0 Å². The number of amides is 2. The van der Waals surface area contributed by atoms with Gasteiger partial charge in [0, 0.05) is 0 Å². The highest BCUT2D eigenvalue weighted by Crippen LogP contribution is 2.30. The highest BCUT2D eigenvalue weighted by molar-refractivity contribution is 5.97. The Labute approximate surface area is 156 Å². The molecule has 1 aliphatic rings. The Hall–Kier alpha value is -2.14. The van der Waals surface area contributed by atoms with Crippen LogP contribution in [0, 0.1) is 11.3 Å². The molecular weight excluding hydrogens is 330 g/mol. The Balaban J connectivity index is 2.12. The lowest BCUT2D eigenvalue weighted by Gasteiger charge is -2.32. The lowest BCUT2D eigenvalue weighted by atomic mass is 9.87. The minimum absolute atomic E-state index is 0.186. The molecule has 1 heterocycles. The molecule has 0 aromatic heterocycles. The van der Waals surface area contributed by atoms with Crippen LogP contribution in [0.15, 0.2) is 42.5 Å². The maximum Gasteiger partial charge on any atom is 0.417 e. The smallest absolute Gasteiger partial charge is 0.417 e. The van der Waals surface area contributed by atoms with Crippen molar-refractivity contribution in [3.63, 3.8) is 0 Å². The van der Waals surface area contributed by atoms with Gasteiger partial charge in [0.05, 0.1) is 24.7 Å². The monoisotopic (exact) mass is 359 g/mol. The van der Waals surface area contributed by atoms with Gasteiger partial charge in [0.25, 0.3) is 0 Å². The minimum Gasteiger partial charge on any atom is -0.447 e. The average Bonchev–Trinajstić information content (AvgIpc) is 3.03. The third-order valence-corrected chi connectivity index (χ3v) is 4.96. The predicted molar refractivity (Wildman–Crippen MR) is 100 cm³/mol. The van der Waals surface area contributed by atoms with Crippen LogP contribution < -0.4 is 0 Å². The molecule has 0 saturated carbocycles. The summed E-state index contributed by atoms with van der Waals surface area (Å²) in [5.74, 6) is -0.0815. The molecular formula is C21H29NO4. The maximum atomic E-state index is 13.2. The highest BCUT2D eigenvalue weighted by atomic mass is 16.6. The first kappa shape index (κ1) is 20.2. The average molecular weight is 359 g/mol. The molecule has 2 amide bonds. The first-order valence-electron chi connectivity index (χ1n) is 9.19. The van der Waals surface area contributed by atoms with Crippen molar-refractivity contribution in [3.05, 3.63) is 48.0 Å². The Morgan fingerprint density at radius 2 is 2.12 bits per heavy atom. The summed E-state index contributed by atoms with van der Waals surface area (Å²) >= 11 is 0. The number of imide groups is 1. The second-order valence-corrected chi connectivity index (χ2v) is 7.10. The van der Waals surface area contributed by atoms with Crippen LogP contribution in [0.5, 0.6) is 0 Å². The number of benzene rings is 1. The highest BCUT2D eigenvalue weighted by Gasteiger charge is 2.46. The van der Waals surface area contributed by atoms with E-state index < -0.39 is 11.5 Å². The molecule has 5 nitrogen and oxygen atoms in total. The van der Waals surface area contributed by atoms with E-state index in [1.54, 1.807) is 13.0 Å². The molecule has 0 spiro atoms. The van der Waals surface area contributed by atoms with E-state index in [1.165, 1.54) is 4.90 Å². The largest absolute Gasteiger partial charge is 0.447 e. The number of hydrogen-bond acceptors (Lipinski definition) is 4. The van der Waals surface area contributed by atoms with E-state index in [2.05, 4.69) is 0 Å². The van der Waals surface area contributed by atoms with Crippen molar-refractivity contribution in [1.29, 1.82) is 0 Å². The summed E-state index contributed by atoms with van der Waals surface area (Å²) in [7, 11) is 0. The van der Waals surface area contributed by atoms with Crippen LogP contribution in [0.1, 0.15) is 39.7 Å².